The Morgan fingerprint density at radius 1 is 1.33 bits per heavy atom. The molecular weight excluding hydrogens is 314 g/mol. The number of nitrogens with one attached hydrogen (secondary N) is 1. The quantitative estimate of drug-likeness (QED) is 0.749. The van der Waals surface area contributed by atoms with E-state index in [0.717, 1.165) is 35.2 Å². The van der Waals surface area contributed by atoms with Crippen molar-refractivity contribution in [3.05, 3.63) is 28.2 Å². The highest BCUT2D eigenvalue weighted by molar-refractivity contribution is 9.10. The van der Waals surface area contributed by atoms with Gasteiger partial charge >= 0.3 is 0 Å². The van der Waals surface area contributed by atoms with Gasteiger partial charge in [0.05, 0.1) is 7.11 Å². The minimum Gasteiger partial charge on any atom is -0.496 e. The summed E-state index contributed by atoms with van der Waals surface area (Å²) in [5, 5.41) is 3.57. The van der Waals surface area contributed by atoms with Crippen molar-refractivity contribution in [2.75, 3.05) is 13.0 Å². The van der Waals surface area contributed by atoms with E-state index in [4.69, 9.17) is 16.3 Å². The molecule has 102 valence electrons. The summed E-state index contributed by atoms with van der Waals surface area (Å²) in [6.45, 7) is 5.09. The maximum Gasteiger partial charge on any atom is 0.123 e. The van der Waals surface area contributed by atoms with Crippen LogP contribution in [0.5, 0.6) is 5.75 Å². The van der Waals surface area contributed by atoms with E-state index in [9.17, 15) is 0 Å². The van der Waals surface area contributed by atoms with Crippen molar-refractivity contribution in [1.82, 2.24) is 5.32 Å². The number of hydrogen-bond acceptors (Lipinski definition) is 2. The summed E-state index contributed by atoms with van der Waals surface area (Å²) >= 11 is 9.58. The molecule has 0 aromatic heterocycles. The zero-order valence-electron chi connectivity index (χ0n) is 11.2. The molecular formula is C14H21BrClNO. The monoisotopic (exact) mass is 333 g/mol. The highest BCUT2D eigenvalue weighted by atomic mass is 79.9. The second-order valence-electron chi connectivity index (χ2n) is 4.43. The van der Waals surface area contributed by atoms with E-state index >= 15 is 0 Å². The molecule has 0 fully saturated rings. The zero-order valence-corrected chi connectivity index (χ0v) is 13.6. The molecule has 0 unspecified atom stereocenters. The number of ether oxygens (including phenoxy) is 1. The van der Waals surface area contributed by atoms with Gasteiger partial charge in [0.25, 0.3) is 0 Å². The lowest BCUT2D eigenvalue weighted by molar-refractivity contribution is 0.329. The number of benzene rings is 1. The van der Waals surface area contributed by atoms with Crippen molar-refractivity contribution in [2.45, 2.75) is 38.8 Å². The molecule has 1 rings (SSSR count). The Hall–Kier alpha value is -0.250. The van der Waals surface area contributed by atoms with E-state index in [1.54, 1.807) is 7.11 Å². The average molecular weight is 335 g/mol. The first-order valence-corrected chi connectivity index (χ1v) is 7.57. The summed E-state index contributed by atoms with van der Waals surface area (Å²) in [5.41, 5.74) is 1.15. The Bertz CT molecular complexity index is 372. The third-order valence-electron chi connectivity index (χ3n) is 3.51. The van der Waals surface area contributed by atoms with Gasteiger partial charge in [-0.05, 0) is 31.0 Å². The molecule has 0 saturated heterocycles. The van der Waals surface area contributed by atoms with Crippen LogP contribution in [0.2, 0.25) is 0 Å². The number of halogens is 2. The third kappa shape index (κ3) is 3.87. The smallest absolute Gasteiger partial charge is 0.123 e. The second-order valence-corrected chi connectivity index (χ2v) is 5.61. The first-order valence-electron chi connectivity index (χ1n) is 6.24. The predicted octanol–water partition coefficient (Wildman–Crippen LogP) is 4.34. The van der Waals surface area contributed by atoms with Gasteiger partial charge in [0.2, 0.25) is 0 Å². The molecule has 0 aliphatic rings. The molecule has 0 aliphatic carbocycles. The fourth-order valence-corrected chi connectivity index (χ4v) is 2.79. The molecule has 1 aromatic rings. The Labute approximate surface area is 123 Å². The molecule has 2 nitrogen and oxygen atoms in total. The van der Waals surface area contributed by atoms with E-state index in [0.29, 0.717) is 5.88 Å². The summed E-state index contributed by atoms with van der Waals surface area (Å²) < 4.78 is 6.43. The van der Waals surface area contributed by atoms with Crippen LogP contribution < -0.4 is 10.1 Å². The van der Waals surface area contributed by atoms with Crippen LogP contribution in [0.25, 0.3) is 0 Å². The van der Waals surface area contributed by atoms with Gasteiger partial charge in [-0.3, -0.25) is 0 Å². The lowest BCUT2D eigenvalue weighted by Crippen LogP contribution is -2.45. The summed E-state index contributed by atoms with van der Waals surface area (Å²) in [5.74, 6) is 1.53. The van der Waals surface area contributed by atoms with Crippen molar-refractivity contribution < 1.29 is 4.74 Å². The van der Waals surface area contributed by atoms with Crippen molar-refractivity contribution in [3.8, 4) is 5.75 Å². The van der Waals surface area contributed by atoms with Crippen molar-refractivity contribution in [2.24, 2.45) is 0 Å². The van der Waals surface area contributed by atoms with Gasteiger partial charge in [-0.1, -0.05) is 29.8 Å². The Morgan fingerprint density at radius 3 is 2.50 bits per heavy atom. The van der Waals surface area contributed by atoms with Gasteiger partial charge in [-0.2, -0.15) is 0 Å². The number of alkyl halides is 1. The van der Waals surface area contributed by atoms with Crippen LogP contribution in [0.15, 0.2) is 22.7 Å². The van der Waals surface area contributed by atoms with Gasteiger partial charge in [-0.15, -0.1) is 11.6 Å². The van der Waals surface area contributed by atoms with Crippen LogP contribution in [0.1, 0.15) is 32.3 Å². The van der Waals surface area contributed by atoms with Crippen molar-refractivity contribution in [3.63, 3.8) is 0 Å². The maximum atomic E-state index is 6.09. The highest BCUT2D eigenvalue weighted by Gasteiger charge is 2.24. The molecule has 0 saturated carbocycles. The van der Waals surface area contributed by atoms with Crippen molar-refractivity contribution >= 4 is 27.5 Å². The summed E-state index contributed by atoms with van der Waals surface area (Å²) in [6.07, 6.45) is 2.03. The third-order valence-corrected chi connectivity index (χ3v) is 4.51. The topological polar surface area (TPSA) is 21.3 Å². The Balaban J connectivity index is 2.81. The molecule has 0 atom stereocenters. The van der Waals surface area contributed by atoms with E-state index in [1.165, 1.54) is 0 Å². The normalized spacial score (nSPS) is 11.6. The molecule has 0 amide bonds. The minimum absolute atomic E-state index is 0.00881. The highest BCUT2D eigenvalue weighted by Crippen LogP contribution is 2.25. The molecule has 4 heteroatoms. The fraction of sp³-hybridized carbons (Fsp3) is 0.571. The SMILES string of the molecule is CCC(CC)(CCl)NCc1cc(Br)ccc1OC. The molecule has 0 aliphatic heterocycles. The molecule has 0 spiro atoms. The van der Waals surface area contributed by atoms with Gasteiger partial charge in [0, 0.05) is 28.0 Å². The van der Waals surface area contributed by atoms with Gasteiger partial charge in [-0.25, -0.2) is 0 Å². The van der Waals surface area contributed by atoms with Crippen LogP contribution >= 0.6 is 27.5 Å². The standard InChI is InChI=1S/C14H21BrClNO/c1-4-14(5-2,10-16)17-9-11-8-12(15)6-7-13(11)18-3/h6-8,17H,4-5,9-10H2,1-3H3. The molecule has 1 N–H and O–H groups in total. The number of hydrogen-bond donors (Lipinski definition) is 1. The Morgan fingerprint density at radius 2 is 2.00 bits per heavy atom. The van der Waals surface area contributed by atoms with Crippen LogP contribution in [-0.2, 0) is 6.54 Å². The van der Waals surface area contributed by atoms with Gasteiger partial charge < -0.3 is 10.1 Å². The van der Waals surface area contributed by atoms with Gasteiger partial charge in [0.15, 0.2) is 0 Å². The van der Waals surface area contributed by atoms with E-state index in [2.05, 4.69) is 41.2 Å². The zero-order chi connectivity index (χ0) is 13.6. The first-order chi connectivity index (χ1) is 8.60. The van der Waals surface area contributed by atoms with E-state index in [1.807, 2.05) is 12.1 Å². The van der Waals surface area contributed by atoms with E-state index < -0.39 is 0 Å². The lowest BCUT2D eigenvalue weighted by Gasteiger charge is -2.31. The average Bonchev–Trinajstić information content (AvgIpc) is 2.41. The molecule has 0 radical (unpaired) electrons. The van der Waals surface area contributed by atoms with Crippen LogP contribution in [-0.4, -0.2) is 18.5 Å². The maximum absolute atomic E-state index is 6.09. The lowest BCUT2D eigenvalue weighted by atomic mass is 9.95. The van der Waals surface area contributed by atoms with Crippen LogP contribution in [0.4, 0.5) is 0 Å². The summed E-state index contributed by atoms with van der Waals surface area (Å²) in [7, 11) is 1.70. The molecule has 0 heterocycles. The van der Waals surface area contributed by atoms with E-state index in [-0.39, 0.29) is 5.54 Å². The van der Waals surface area contributed by atoms with Crippen molar-refractivity contribution in [1.29, 1.82) is 0 Å². The Kier molecular flexibility index (Phi) is 6.47. The van der Waals surface area contributed by atoms with Crippen LogP contribution in [0.3, 0.4) is 0 Å². The molecule has 18 heavy (non-hydrogen) atoms. The molecule has 1 aromatic carbocycles. The van der Waals surface area contributed by atoms with Gasteiger partial charge in [0.1, 0.15) is 5.75 Å². The fourth-order valence-electron chi connectivity index (χ4n) is 1.90. The second kappa shape index (κ2) is 7.37. The first kappa shape index (κ1) is 15.8. The minimum atomic E-state index is 0.00881. The largest absolute Gasteiger partial charge is 0.496 e. The van der Waals surface area contributed by atoms with Crippen LogP contribution in [0, 0.1) is 0 Å². The summed E-state index contributed by atoms with van der Waals surface area (Å²) in [4.78, 5) is 0. The number of methoxy groups -OCH3 is 1. The molecule has 0 bridgehead atoms. The summed E-state index contributed by atoms with van der Waals surface area (Å²) in [6, 6.07) is 6.04. The predicted molar refractivity (Wildman–Crippen MR) is 81.6 cm³/mol. The number of rotatable bonds is 7.